The van der Waals surface area contributed by atoms with Crippen molar-refractivity contribution in [2.45, 2.75) is 101 Å². The normalized spacial score (nSPS) is 45.9. The molecule has 5 N–H and O–H groups in total. The highest BCUT2D eigenvalue weighted by atomic mass is 16.5. The summed E-state index contributed by atoms with van der Waals surface area (Å²) in [6, 6.07) is 9.34. The van der Waals surface area contributed by atoms with E-state index in [0.717, 1.165) is 11.1 Å². The molecule has 3 saturated carbocycles. The Hall–Kier alpha value is -2.03. The Morgan fingerprint density at radius 3 is 2.49 bits per heavy atom. The molecule has 4 aliphatic carbocycles. The van der Waals surface area contributed by atoms with Crippen molar-refractivity contribution in [2.24, 2.45) is 16.7 Å². The molecule has 1 aromatic rings. The van der Waals surface area contributed by atoms with Gasteiger partial charge in [0.2, 0.25) is 0 Å². The number of aliphatic hydroxyl groups excluding tert-OH is 2. The van der Waals surface area contributed by atoms with Crippen molar-refractivity contribution < 1.29 is 35.1 Å². The van der Waals surface area contributed by atoms with E-state index in [1.165, 1.54) is 13.0 Å². The molecule has 1 aromatic carbocycles. The van der Waals surface area contributed by atoms with Crippen LogP contribution in [0.2, 0.25) is 0 Å². The molecule has 0 radical (unpaired) electrons. The second-order valence-corrected chi connectivity index (χ2v) is 12.3. The smallest absolute Gasteiger partial charge is 0.331 e. The topological polar surface area (TPSA) is 127 Å². The summed E-state index contributed by atoms with van der Waals surface area (Å²) in [5, 5.41) is 57.7. The van der Waals surface area contributed by atoms with E-state index >= 15 is 0 Å². The number of hydrogen-bond donors (Lipinski definition) is 5. The van der Waals surface area contributed by atoms with Gasteiger partial charge in [-0.1, -0.05) is 55.8 Å². The maximum atomic E-state index is 13.1. The molecule has 4 aliphatic rings. The summed E-state index contributed by atoms with van der Waals surface area (Å²) in [7, 11) is 0. The van der Waals surface area contributed by atoms with Crippen LogP contribution >= 0.6 is 0 Å². The highest BCUT2D eigenvalue weighted by Gasteiger charge is 2.81. The van der Waals surface area contributed by atoms with E-state index in [-0.39, 0.29) is 25.7 Å². The van der Waals surface area contributed by atoms with Crippen molar-refractivity contribution in [2.75, 3.05) is 0 Å². The van der Waals surface area contributed by atoms with Crippen LogP contribution in [0.4, 0.5) is 0 Å². The second kappa shape index (κ2) is 8.75. The van der Waals surface area contributed by atoms with Crippen LogP contribution in [-0.4, -0.2) is 66.6 Å². The minimum Gasteiger partial charge on any atom is -0.458 e. The first-order valence-corrected chi connectivity index (χ1v) is 13.5. The Bertz CT molecular complexity index is 1110. The van der Waals surface area contributed by atoms with Crippen molar-refractivity contribution >= 4 is 12.0 Å². The van der Waals surface area contributed by atoms with Gasteiger partial charge in [0.25, 0.3) is 0 Å². The number of carbonyl (C=O) groups is 1. The zero-order valence-corrected chi connectivity index (χ0v) is 21.9. The van der Waals surface area contributed by atoms with Gasteiger partial charge in [-0.2, -0.15) is 0 Å². The van der Waals surface area contributed by atoms with Gasteiger partial charge in [-0.3, -0.25) is 0 Å². The fraction of sp³-hybridized carbons (Fsp3) is 0.633. The Labute approximate surface area is 218 Å². The van der Waals surface area contributed by atoms with Gasteiger partial charge in [0.05, 0.1) is 17.6 Å². The molecule has 9 atom stereocenters. The summed E-state index contributed by atoms with van der Waals surface area (Å²) in [5.41, 5.74) is -5.31. The van der Waals surface area contributed by atoms with Crippen molar-refractivity contribution in [1.29, 1.82) is 0 Å². The van der Waals surface area contributed by atoms with Crippen molar-refractivity contribution in [3.8, 4) is 0 Å². The van der Waals surface area contributed by atoms with Crippen LogP contribution in [-0.2, 0) is 9.53 Å². The third-order valence-corrected chi connectivity index (χ3v) is 10.8. The number of fused-ring (bicyclic) bond motifs is 5. The van der Waals surface area contributed by atoms with E-state index in [1.807, 2.05) is 36.4 Å². The van der Waals surface area contributed by atoms with Crippen molar-refractivity contribution in [3.05, 3.63) is 53.6 Å². The van der Waals surface area contributed by atoms with Gasteiger partial charge in [-0.25, -0.2) is 4.79 Å². The molecule has 0 heterocycles. The summed E-state index contributed by atoms with van der Waals surface area (Å²) in [6.45, 7) is 5.19. The van der Waals surface area contributed by atoms with Crippen LogP contribution in [0, 0.1) is 16.7 Å². The number of esters is 1. The fourth-order valence-corrected chi connectivity index (χ4v) is 8.42. The predicted molar refractivity (Wildman–Crippen MR) is 138 cm³/mol. The molecule has 3 fully saturated rings. The number of benzene rings is 1. The molecule has 0 bridgehead atoms. The molecule has 7 nitrogen and oxygen atoms in total. The van der Waals surface area contributed by atoms with Gasteiger partial charge in [0.1, 0.15) is 22.9 Å². The predicted octanol–water partition coefficient (Wildman–Crippen LogP) is 2.89. The first-order valence-electron chi connectivity index (χ1n) is 13.5. The van der Waals surface area contributed by atoms with Gasteiger partial charge in [-0.15, -0.1) is 0 Å². The van der Waals surface area contributed by atoms with Crippen LogP contribution in [0.5, 0.6) is 0 Å². The largest absolute Gasteiger partial charge is 0.458 e. The highest BCUT2D eigenvalue weighted by molar-refractivity contribution is 5.87. The van der Waals surface area contributed by atoms with E-state index in [9.17, 15) is 30.3 Å². The molecular formula is C30H40O7. The molecule has 202 valence electrons. The molecular weight excluding hydrogens is 472 g/mol. The molecule has 0 aliphatic heterocycles. The number of carbonyl (C=O) groups excluding carboxylic acids is 1. The lowest BCUT2D eigenvalue weighted by atomic mass is 9.42. The zero-order valence-electron chi connectivity index (χ0n) is 21.9. The van der Waals surface area contributed by atoms with Gasteiger partial charge in [0, 0.05) is 12.0 Å². The van der Waals surface area contributed by atoms with Crippen LogP contribution in [0.1, 0.15) is 71.3 Å². The van der Waals surface area contributed by atoms with Gasteiger partial charge in [-0.05, 0) is 68.9 Å². The number of ether oxygens (including phenoxy) is 1. The first-order chi connectivity index (χ1) is 17.3. The van der Waals surface area contributed by atoms with Crippen LogP contribution < -0.4 is 0 Å². The van der Waals surface area contributed by atoms with E-state index < -0.39 is 57.8 Å². The maximum absolute atomic E-state index is 13.1. The Morgan fingerprint density at radius 1 is 1.11 bits per heavy atom. The minimum atomic E-state index is -1.82. The molecule has 0 unspecified atom stereocenters. The van der Waals surface area contributed by atoms with Crippen LogP contribution in [0.3, 0.4) is 0 Å². The number of rotatable bonds is 4. The van der Waals surface area contributed by atoms with Gasteiger partial charge >= 0.3 is 5.97 Å². The summed E-state index contributed by atoms with van der Waals surface area (Å²) in [6.07, 6.45) is 4.57. The van der Waals surface area contributed by atoms with E-state index in [4.69, 9.17) is 4.74 Å². The highest BCUT2D eigenvalue weighted by Crippen LogP contribution is 2.71. The molecule has 0 saturated heterocycles. The lowest BCUT2D eigenvalue weighted by molar-refractivity contribution is -0.326. The molecule has 0 amide bonds. The average Bonchev–Trinajstić information content (AvgIpc) is 3.10. The van der Waals surface area contributed by atoms with Crippen LogP contribution in [0.15, 0.2) is 48.1 Å². The Kier molecular flexibility index (Phi) is 6.28. The summed E-state index contributed by atoms with van der Waals surface area (Å²) < 4.78 is 6.04. The molecule has 0 aromatic heterocycles. The van der Waals surface area contributed by atoms with E-state index in [0.29, 0.717) is 19.3 Å². The van der Waals surface area contributed by atoms with Crippen LogP contribution in [0.25, 0.3) is 6.08 Å². The molecule has 37 heavy (non-hydrogen) atoms. The average molecular weight is 513 g/mol. The van der Waals surface area contributed by atoms with E-state index in [2.05, 4.69) is 6.92 Å². The summed E-state index contributed by atoms with van der Waals surface area (Å²) in [4.78, 5) is 13.1. The monoisotopic (exact) mass is 512 g/mol. The second-order valence-electron chi connectivity index (χ2n) is 12.3. The third kappa shape index (κ3) is 3.54. The lowest BCUT2D eigenvalue weighted by Gasteiger charge is -2.67. The zero-order chi connectivity index (χ0) is 26.9. The van der Waals surface area contributed by atoms with Gasteiger partial charge < -0.3 is 30.3 Å². The van der Waals surface area contributed by atoms with E-state index in [1.54, 1.807) is 13.0 Å². The maximum Gasteiger partial charge on any atom is 0.331 e. The third-order valence-electron chi connectivity index (χ3n) is 10.8. The van der Waals surface area contributed by atoms with Crippen molar-refractivity contribution in [1.82, 2.24) is 0 Å². The Morgan fingerprint density at radius 2 is 1.81 bits per heavy atom. The standard InChI is InChI=1S/C30H40O7/c1-19(31)28(34)15-16-30(36)27(28,3)24(37-25(33)10-9-20-7-5-4-6-8-20)18-23-26(2)13-12-22(32)17-21(26)11-14-29(23,30)35/h4-11,19,22-24,31-32,34-36H,12-18H2,1-3H3/t19-,22-,23+,24+,26-,27-,28+,29+,30+/m0/s1. The fourth-order valence-electron chi connectivity index (χ4n) is 8.42. The molecule has 5 rings (SSSR count). The van der Waals surface area contributed by atoms with Gasteiger partial charge in [0.15, 0.2) is 0 Å². The minimum absolute atomic E-state index is 0.0621. The summed E-state index contributed by atoms with van der Waals surface area (Å²) >= 11 is 0. The Balaban J connectivity index is 1.57. The first kappa shape index (κ1) is 26.6. The SMILES string of the molecule is C[C@H](O)[C@]1(O)CC[C@@]2(O)[C@@]1(C)[C@H](OC(=O)C=Cc1ccccc1)C[C@@H]1[C@@]3(C)CC[C@H](O)CC3=CC[C@@]12O. The lowest BCUT2D eigenvalue weighted by Crippen LogP contribution is -2.78. The number of hydrogen-bond acceptors (Lipinski definition) is 7. The van der Waals surface area contributed by atoms with Crippen molar-refractivity contribution in [3.63, 3.8) is 0 Å². The molecule has 0 spiro atoms. The quantitative estimate of drug-likeness (QED) is 0.238. The summed E-state index contributed by atoms with van der Waals surface area (Å²) in [5.74, 6) is -1.07. The molecule has 7 heteroatoms. The number of aliphatic hydroxyl groups is 5.